The van der Waals surface area contributed by atoms with Crippen LogP contribution in [0.25, 0.3) is 0 Å². The third-order valence-electron chi connectivity index (χ3n) is 4.01. The first-order chi connectivity index (χ1) is 13.9. The minimum absolute atomic E-state index is 0.0558. The van der Waals surface area contributed by atoms with Gasteiger partial charge < -0.3 is 24.6 Å². The molecule has 156 valence electrons. The SMILES string of the molecule is CC(C)(COC[C@H](NC(=O)OCc1ccccc1)C(=O)O)OCc1ccccc1. The first-order valence-corrected chi connectivity index (χ1v) is 9.31. The molecule has 7 nitrogen and oxygen atoms in total. The molecule has 0 aliphatic rings. The molecule has 0 saturated heterocycles. The lowest BCUT2D eigenvalue weighted by Crippen LogP contribution is -2.45. The molecule has 1 amide bonds. The van der Waals surface area contributed by atoms with E-state index in [1.54, 1.807) is 0 Å². The van der Waals surface area contributed by atoms with Gasteiger partial charge in [-0.3, -0.25) is 0 Å². The number of carbonyl (C=O) groups excluding carboxylic acids is 1. The van der Waals surface area contributed by atoms with Gasteiger partial charge in [-0.2, -0.15) is 0 Å². The molecular formula is C22H27NO6. The fourth-order valence-electron chi connectivity index (χ4n) is 2.40. The lowest BCUT2D eigenvalue weighted by atomic mass is 10.1. The molecule has 0 saturated carbocycles. The normalized spacial score (nSPS) is 12.2. The van der Waals surface area contributed by atoms with E-state index in [9.17, 15) is 14.7 Å². The van der Waals surface area contributed by atoms with E-state index in [-0.39, 0.29) is 19.8 Å². The summed E-state index contributed by atoms with van der Waals surface area (Å²) in [5.41, 5.74) is 1.22. The van der Waals surface area contributed by atoms with Crippen molar-refractivity contribution in [2.75, 3.05) is 13.2 Å². The minimum atomic E-state index is -1.22. The van der Waals surface area contributed by atoms with Gasteiger partial charge in [0.15, 0.2) is 6.04 Å². The van der Waals surface area contributed by atoms with Crippen molar-refractivity contribution in [2.45, 2.75) is 38.7 Å². The Morgan fingerprint density at radius 3 is 2.07 bits per heavy atom. The Balaban J connectivity index is 1.73. The molecule has 2 N–H and O–H groups in total. The highest BCUT2D eigenvalue weighted by molar-refractivity contribution is 5.80. The van der Waals surface area contributed by atoms with E-state index in [4.69, 9.17) is 14.2 Å². The fourth-order valence-corrected chi connectivity index (χ4v) is 2.40. The average Bonchev–Trinajstić information content (AvgIpc) is 2.71. The number of aliphatic carboxylic acids is 1. The molecule has 2 aromatic rings. The molecular weight excluding hydrogens is 374 g/mol. The molecule has 0 bridgehead atoms. The monoisotopic (exact) mass is 401 g/mol. The van der Waals surface area contributed by atoms with Gasteiger partial charge in [0.1, 0.15) is 6.61 Å². The van der Waals surface area contributed by atoms with E-state index in [1.807, 2.05) is 74.5 Å². The maximum Gasteiger partial charge on any atom is 0.408 e. The van der Waals surface area contributed by atoms with Crippen molar-refractivity contribution in [1.29, 1.82) is 0 Å². The van der Waals surface area contributed by atoms with Gasteiger partial charge in [-0.15, -0.1) is 0 Å². The van der Waals surface area contributed by atoms with E-state index in [2.05, 4.69) is 5.32 Å². The summed E-state index contributed by atoms with van der Waals surface area (Å²) in [6, 6.07) is 17.6. The highest BCUT2D eigenvalue weighted by Gasteiger charge is 2.24. The van der Waals surface area contributed by atoms with Crippen LogP contribution in [0.4, 0.5) is 4.79 Å². The number of carboxylic acids is 1. The van der Waals surface area contributed by atoms with Crippen molar-refractivity contribution in [3.05, 3.63) is 71.8 Å². The Morgan fingerprint density at radius 1 is 0.966 bits per heavy atom. The molecule has 0 radical (unpaired) electrons. The number of benzene rings is 2. The topological polar surface area (TPSA) is 94.1 Å². The first-order valence-electron chi connectivity index (χ1n) is 9.31. The first kappa shape index (κ1) is 22.4. The van der Waals surface area contributed by atoms with Crippen LogP contribution in [0.1, 0.15) is 25.0 Å². The summed E-state index contributed by atoms with van der Waals surface area (Å²) < 4.78 is 16.4. The van der Waals surface area contributed by atoms with Gasteiger partial charge in [0.05, 0.1) is 25.4 Å². The lowest BCUT2D eigenvalue weighted by Gasteiger charge is -2.26. The van der Waals surface area contributed by atoms with Crippen molar-refractivity contribution in [1.82, 2.24) is 5.32 Å². The van der Waals surface area contributed by atoms with Gasteiger partial charge >= 0.3 is 12.1 Å². The van der Waals surface area contributed by atoms with Gasteiger partial charge in [-0.05, 0) is 25.0 Å². The van der Waals surface area contributed by atoms with Gasteiger partial charge in [0.25, 0.3) is 0 Å². The summed E-state index contributed by atoms with van der Waals surface area (Å²) >= 11 is 0. The van der Waals surface area contributed by atoms with Crippen LogP contribution in [0.5, 0.6) is 0 Å². The molecule has 2 aromatic carbocycles. The number of nitrogens with one attached hydrogen (secondary N) is 1. The molecule has 0 aliphatic carbocycles. The van der Waals surface area contributed by atoms with Crippen molar-refractivity contribution in [2.24, 2.45) is 0 Å². The molecule has 7 heteroatoms. The zero-order chi connectivity index (χ0) is 21.1. The molecule has 0 spiro atoms. The summed E-state index contributed by atoms with van der Waals surface area (Å²) in [4.78, 5) is 23.3. The Hall–Kier alpha value is -2.90. The van der Waals surface area contributed by atoms with E-state index >= 15 is 0 Å². The van der Waals surface area contributed by atoms with Crippen LogP contribution in [0.15, 0.2) is 60.7 Å². The van der Waals surface area contributed by atoms with Crippen molar-refractivity contribution in [3.8, 4) is 0 Å². The summed E-state index contributed by atoms with van der Waals surface area (Å²) in [5.74, 6) is -1.20. The van der Waals surface area contributed by atoms with Crippen LogP contribution in [0.3, 0.4) is 0 Å². The number of carbonyl (C=O) groups is 2. The molecule has 0 aliphatic heterocycles. The molecule has 0 fully saturated rings. The van der Waals surface area contributed by atoms with Crippen molar-refractivity contribution in [3.63, 3.8) is 0 Å². The summed E-state index contributed by atoms with van der Waals surface area (Å²) in [6.07, 6.45) is -0.815. The second kappa shape index (κ2) is 11.2. The highest BCUT2D eigenvalue weighted by atomic mass is 16.6. The third kappa shape index (κ3) is 8.76. The predicted molar refractivity (Wildman–Crippen MR) is 107 cm³/mol. The maximum absolute atomic E-state index is 11.9. The Morgan fingerprint density at radius 2 is 1.52 bits per heavy atom. The zero-order valence-electron chi connectivity index (χ0n) is 16.7. The zero-order valence-corrected chi connectivity index (χ0v) is 16.7. The highest BCUT2D eigenvalue weighted by Crippen LogP contribution is 2.13. The predicted octanol–water partition coefficient (Wildman–Crippen LogP) is 3.38. The molecule has 1 atom stereocenters. The van der Waals surface area contributed by atoms with Crippen molar-refractivity contribution < 1.29 is 28.9 Å². The molecule has 0 aromatic heterocycles. The van der Waals surface area contributed by atoms with Crippen LogP contribution in [0.2, 0.25) is 0 Å². The molecule has 29 heavy (non-hydrogen) atoms. The Labute approximate surface area is 170 Å². The van der Waals surface area contributed by atoms with Crippen LogP contribution >= 0.6 is 0 Å². The second-order valence-electron chi connectivity index (χ2n) is 7.15. The maximum atomic E-state index is 11.9. The lowest BCUT2D eigenvalue weighted by molar-refractivity contribution is -0.142. The van der Waals surface area contributed by atoms with Gasteiger partial charge in [-0.25, -0.2) is 9.59 Å². The van der Waals surface area contributed by atoms with Crippen LogP contribution in [0, 0.1) is 0 Å². The van der Waals surface area contributed by atoms with E-state index < -0.39 is 23.7 Å². The molecule has 0 unspecified atom stereocenters. The number of carboxylic acid groups (broad SMARTS) is 1. The van der Waals surface area contributed by atoms with E-state index in [1.165, 1.54) is 0 Å². The third-order valence-corrected chi connectivity index (χ3v) is 4.01. The Kier molecular flexibility index (Phi) is 8.64. The van der Waals surface area contributed by atoms with Gasteiger partial charge in [-0.1, -0.05) is 60.7 Å². The minimum Gasteiger partial charge on any atom is -0.480 e. The molecule has 2 rings (SSSR count). The number of amides is 1. The molecule has 0 heterocycles. The Bertz CT molecular complexity index is 763. The fraction of sp³-hybridized carbons (Fsp3) is 0.364. The van der Waals surface area contributed by atoms with Crippen molar-refractivity contribution >= 4 is 12.1 Å². The second-order valence-corrected chi connectivity index (χ2v) is 7.15. The number of alkyl carbamates (subject to hydrolysis) is 1. The summed E-state index contributed by atoms with van der Waals surface area (Å²) in [5, 5.41) is 11.6. The van der Waals surface area contributed by atoms with Crippen LogP contribution in [-0.2, 0) is 32.2 Å². The standard InChI is InChI=1S/C22H27NO6/c1-22(2,29-14-18-11-7-4-8-12-18)16-27-15-19(20(24)25)23-21(26)28-13-17-9-5-3-6-10-17/h3-12,19H,13-16H2,1-2H3,(H,23,26)(H,24,25)/t19-/m0/s1. The van der Waals surface area contributed by atoms with Crippen LogP contribution < -0.4 is 5.32 Å². The smallest absolute Gasteiger partial charge is 0.408 e. The number of hydrogen-bond donors (Lipinski definition) is 2. The average molecular weight is 401 g/mol. The largest absolute Gasteiger partial charge is 0.480 e. The summed E-state index contributed by atoms with van der Waals surface area (Å²) in [6.45, 7) is 4.16. The van der Waals surface area contributed by atoms with Crippen LogP contribution in [-0.4, -0.2) is 42.0 Å². The quantitative estimate of drug-likeness (QED) is 0.600. The number of ether oxygens (including phenoxy) is 3. The number of hydrogen-bond acceptors (Lipinski definition) is 5. The van der Waals surface area contributed by atoms with Gasteiger partial charge in [0.2, 0.25) is 0 Å². The van der Waals surface area contributed by atoms with E-state index in [0.717, 1.165) is 11.1 Å². The van der Waals surface area contributed by atoms with Gasteiger partial charge in [0, 0.05) is 0 Å². The summed E-state index contributed by atoms with van der Waals surface area (Å²) in [7, 11) is 0. The van der Waals surface area contributed by atoms with E-state index in [0.29, 0.717) is 6.61 Å². The number of rotatable bonds is 11.